The van der Waals surface area contributed by atoms with Crippen molar-refractivity contribution in [2.24, 2.45) is 5.92 Å². The van der Waals surface area contributed by atoms with Gasteiger partial charge in [0.05, 0.1) is 5.92 Å². The molecule has 1 atom stereocenters. The van der Waals surface area contributed by atoms with E-state index in [-0.39, 0.29) is 24.4 Å². The maximum absolute atomic E-state index is 13.2. The van der Waals surface area contributed by atoms with Gasteiger partial charge in [-0.25, -0.2) is 4.39 Å². The molecule has 0 radical (unpaired) electrons. The Hall–Kier alpha value is -3.02. The van der Waals surface area contributed by atoms with E-state index in [1.54, 1.807) is 4.90 Å². The number of hydrogen-bond acceptors (Lipinski definition) is 4. The normalized spacial score (nSPS) is 16.4. The van der Waals surface area contributed by atoms with Gasteiger partial charge in [0, 0.05) is 24.2 Å². The molecule has 0 aliphatic carbocycles. The average Bonchev–Trinajstić information content (AvgIpc) is 3.07. The third-order valence-electron chi connectivity index (χ3n) is 4.61. The fraction of sp³-hybridized carbons (Fsp3) is 0.286. The summed E-state index contributed by atoms with van der Waals surface area (Å²) in [7, 11) is 0. The number of anilines is 1. The number of ether oxygens (including phenoxy) is 1. The van der Waals surface area contributed by atoms with Crippen molar-refractivity contribution in [1.82, 2.24) is 0 Å². The van der Waals surface area contributed by atoms with Crippen molar-refractivity contribution in [2.75, 3.05) is 18.1 Å². The fourth-order valence-corrected chi connectivity index (χ4v) is 3.17. The molecule has 0 N–H and O–H groups in total. The molecule has 0 aromatic heterocycles. The van der Waals surface area contributed by atoms with E-state index in [4.69, 9.17) is 4.74 Å². The lowest BCUT2D eigenvalue weighted by Crippen LogP contribution is -2.28. The quantitative estimate of drug-likeness (QED) is 0.580. The Bertz CT molecular complexity index is 880. The molecule has 6 heteroatoms. The molecule has 0 saturated carbocycles. The van der Waals surface area contributed by atoms with Crippen molar-refractivity contribution in [3.8, 4) is 0 Å². The highest BCUT2D eigenvalue weighted by molar-refractivity contribution is 6.01. The zero-order chi connectivity index (χ0) is 19.4. The van der Waals surface area contributed by atoms with Crippen molar-refractivity contribution >= 4 is 23.3 Å². The Kier molecular flexibility index (Phi) is 5.64. The van der Waals surface area contributed by atoms with Gasteiger partial charge in [-0.3, -0.25) is 14.4 Å². The lowest BCUT2D eigenvalue weighted by atomic mass is 10.1. The van der Waals surface area contributed by atoms with E-state index in [2.05, 4.69) is 0 Å². The molecule has 1 amide bonds. The van der Waals surface area contributed by atoms with Crippen LogP contribution in [0.15, 0.2) is 48.5 Å². The standard InChI is InChI=1S/C21H20FNO4/c1-2-14-6-3-4-9-18(14)23-12-16(11-20(23)25)21(26)27-13-19(24)15-7-5-8-17(22)10-15/h3-10,16H,2,11-13H2,1H3/t16-/m1/s1. The molecule has 1 aliphatic heterocycles. The number of aryl methyl sites for hydroxylation is 1. The number of benzene rings is 2. The second-order valence-electron chi connectivity index (χ2n) is 6.43. The predicted octanol–water partition coefficient (Wildman–Crippen LogP) is 3.17. The number of Topliss-reactive ketones (excluding diaryl/α,β-unsaturated/α-hetero) is 1. The van der Waals surface area contributed by atoms with E-state index >= 15 is 0 Å². The lowest BCUT2D eigenvalue weighted by molar-refractivity contribution is -0.147. The summed E-state index contributed by atoms with van der Waals surface area (Å²) in [6.07, 6.45) is 0.822. The highest BCUT2D eigenvalue weighted by atomic mass is 19.1. The summed E-state index contributed by atoms with van der Waals surface area (Å²) in [5, 5.41) is 0. The Balaban J connectivity index is 1.61. The molecule has 3 rings (SSSR count). The molecule has 1 saturated heterocycles. The van der Waals surface area contributed by atoms with Gasteiger partial charge in [0.15, 0.2) is 12.4 Å². The summed E-state index contributed by atoms with van der Waals surface area (Å²) >= 11 is 0. The second-order valence-corrected chi connectivity index (χ2v) is 6.43. The summed E-state index contributed by atoms with van der Waals surface area (Å²) in [4.78, 5) is 38.3. The maximum Gasteiger partial charge on any atom is 0.311 e. The molecule has 1 heterocycles. The lowest BCUT2D eigenvalue weighted by Gasteiger charge is -2.19. The van der Waals surface area contributed by atoms with E-state index in [1.165, 1.54) is 18.2 Å². The third kappa shape index (κ3) is 4.22. The van der Waals surface area contributed by atoms with Crippen LogP contribution in [0.4, 0.5) is 10.1 Å². The van der Waals surface area contributed by atoms with Crippen LogP contribution >= 0.6 is 0 Å². The maximum atomic E-state index is 13.2. The fourth-order valence-electron chi connectivity index (χ4n) is 3.17. The molecule has 140 valence electrons. The number of ketones is 1. The van der Waals surface area contributed by atoms with Crippen molar-refractivity contribution in [1.29, 1.82) is 0 Å². The number of carbonyl (C=O) groups is 3. The van der Waals surface area contributed by atoms with Gasteiger partial charge in [-0.15, -0.1) is 0 Å². The van der Waals surface area contributed by atoms with Crippen molar-refractivity contribution in [3.05, 3.63) is 65.5 Å². The zero-order valence-electron chi connectivity index (χ0n) is 15.0. The first-order valence-corrected chi connectivity index (χ1v) is 8.83. The van der Waals surface area contributed by atoms with E-state index in [0.717, 1.165) is 23.7 Å². The molecule has 1 aliphatic rings. The van der Waals surface area contributed by atoms with Gasteiger partial charge in [-0.1, -0.05) is 37.3 Å². The number of nitrogens with zero attached hydrogens (tertiary/aromatic N) is 1. The van der Waals surface area contributed by atoms with Gasteiger partial charge in [0.2, 0.25) is 5.91 Å². The number of rotatable bonds is 6. The van der Waals surface area contributed by atoms with Crippen molar-refractivity contribution in [3.63, 3.8) is 0 Å². The van der Waals surface area contributed by atoms with Gasteiger partial charge in [-0.05, 0) is 30.2 Å². The van der Waals surface area contributed by atoms with Crippen LogP contribution in [-0.2, 0) is 20.7 Å². The molecule has 2 aromatic carbocycles. The van der Waals surface area contributed by atoms with Crippen LogP contribution in [0.2, 0.25) is 0 Å². The van der Waals surface area contributed by atoms with Gasteiger partial charge in [0.1, 0.15) is 5.82 Å². The molecular formula is C21H20FNO4. The minimum Gasteiger partial charge on any atom is -0.457 e. The minimum atomic E-state index is -0.622. The minimum absolute atomic E-state index is 0.0467. The summed E-state index contributed by atoms with van der Waals surface area (Å²) in [5.74, 6) is -2.37. The molecule has 0 unspecified atom stereocenters. The average molecular weight is 369 g/mol. The van der Waals surface area contributed by atoms with Crippen molar-refractivity contribution in [2.45, 2.75) is 19.8 Å². The van der Waals surface area contributed by atoms with Gasteiger partial charge >= 0.3 is 5.97 Å². The van der Waals surface area contributed by atoms with Crippen LogP contribution in [0.5, 0.6) is 0 Å². The molecule has 0 bridgehead atoms. The molecule has 5 nitrogen and oxygen atoms in total. The Labute approximate surface area is 156 Å². The van der Waals surface area contributed by atoms with Crippen LogP contribution in [-0.4, -0.2) is 30.8 Å². The molecular weight excluding hydrogens is 349 g/mol. The van der Waals surface area contributed by atoms with Crippen LogP contribution in [0.3, 0.4) is 0 Å². The van der Waals surface area contributed by atoms with E-state index < -0.39 is 30.1 Å². The van der Waals surface area contributed by atoms with Crippen LogP contribution in [0.1, 0.15) is 29.3 Å². The number of para-hydroxylation sites is 1. The first-order chi connectivity index (χ1) is 13.0. The molecule has 2 aromatic rings. The highest BCUT2D eigenvalue weighted by Gasteiger charge is 2.37. The Morgan fingerprint density at radius 1 is 1.19 bits per heavy atom. The zero-order valence-corrected chi connectivity index (χ0v) is 15.0. The number of hydrogen-bond donors (Lipinski definition) is 0. The molecule has 1 fully saturated rings. The Morgan fingerprint density at radius 3 is 2.70 bits per heavy atom. The predicted molar refractivity (Wildman–Crippen MR) is 98.0 cm³/mol. The van der Waals surface area contributed by atoms with E-state index in [0.29, 0.717) is 0 Å². The number of halogens is 1. The first-order valence-electron chi connectivity index (χ1n) is 8.83. The topological polar surface area (TPSA) is 63.7 Å². The van der Waals surface area contributed by atoms with E-state index in [9.17, 15) is 18.8 Å². The van der Waals surface area contributed by atoms with Crippen LogP contribution < -0.4 is 4.90 Å². The number of esters is 1. The number of carbonyl (C=O) groups excluding carboxylic acids is 3. The SMILES string of the molecule is CCc1ccccc1N1C[C@H](C(=O)OCC(=O)c2cccc(F)c2)CC1=O. The summed E-state index contributed by atoms with van der Waals surface area (Å²) in [5.41, 5.74) is 1.97. The highest BCUT2D eigenvalue weighted by Crippen LogP contribution is 2.29. The number of amides is 1. The summed E-state index contributed by atoms with van der Waals surface area (Å²) < 4.78 is 18.3. The third-order valence-corrected chi connectivity index (χ3v) is 4.61. The van der Waals surface area contributed by atoms with Crippen molar-refractivity contribution < 1.29 is 23.5 Å². The monoisotopic (exact) mass is 369 g/mol. The van der Waals surface area contributed by atoms with Gasteiger partial charge in [-0.2, -0.15) is 0 Å². The van der Waals surface area contributed by atoms with Crippen LogP contribution in [0.25, 0.3) is 0 Å². The second kappa shape index (κ2) is 8.12. The van der Waals surface area contributed by atoms with E-state index in [1.807, 2.05) is 31.2 Å². The van der Waals surface area contributed by atoms with Crippen LogP contribution in [0, 0.1) is 11.7 Å². The smallest absolute Gasteiger partial charge is 0.311 e. The Morgan fingerprint density at radius 2 is 1.96 bits per heavy atom. The molecule has 0 spiro atoms. The molecule has 27 heavy (non-hydrogen) atoms. The van der Waals surface area contributed by atoms with Gasteiger partial charge < -0.3 is 9.64 Å². The summed E-state index contributed by atoms with van der Waals surface area (Å²) in [6.45, 7) is 1.75. The largest absolute Gasteiger partial charge is 0.457 e. The summed E-state index contributed by atoms with van der Waals surface area (Å²) in [6, 6.07) is 12.8. The first kappa shape index (κ1) is 18.8. The van der Waals surface area contributed by atoms with Gasteiger partial charge in [0.25, 0.3) is 0 Å².